The zero-order valence-electron chi connectivity index (χ0n) is 14.1. The third-order valence-electron chi connectivity index (χ3n) is 3.38. The number of alkyl halides is 3. The van der Waals surface area contributed by atoms with Gasteiger partial charge in [-0.1, -0.05) is 0 Å². The van der Waals surface area contributed by atoms with Crippen molar-refractivity contribution >= 4 is 28.2 Å². The highest BCUT2D eigenvalue weighted by atomic mass is 32.1. The lowest BCUT2D eigenvalue weighted by Gasteiger charge is -2.09. The number of hydrogen-bond acceptors (Lipinski definition) is 6. The van der Waals surface area contributed by atoms with Crippen molar-refractivity contribution in [2.75, 3.05) is 19.0 Å². The van der Waals surface area contributed by atoms with Gasteiger partial charge >= 0.3 is 12.1 Å². The van der Waals surface area contributed by atoms with E-state index in [0.29, 0.717) is 10.6 Å². The Morgan fingerprint density at radius 2 is 1.96 bits per heavy atom. The van der Waals surface area contributed by atoms with Gasteiger partial charge in [0.15, 0.2) is 6.61 Å². The first-order valence-corrected chi connectivity index (χ1v) is 8.09. The van der Waals surface area contributed by atoms with E-state index in [2.05, 4.69) is 15.0 Å². The Morgan fingerprint density at radius 3 is 2.50 bits per heavy atom. The molecule has 1 amide bonds. The van der Waals surface area contributed by atoms with E-state index in [9.17, 15) is 22.8 Å². The number of amides is 1. The van der Waals surface area contributed by atoms with Gasteiger partial charge in [-0.2, -0.15) is 13.2 Å². The molecule has 2 heterocycles. The number of ether oxygens (including phenoxy) is 2. The average Bonchev–Trinajstić information content (AvgIpc) is 2.86. The maximum atomic E-state index is 12.3. The molecule has 0 spiro atoms. The summed E-state index contributed by atoms with van der Waals surface area (Å²) in [6, 6.07) is 2.44. The number of rotatable bonds is 5. The van der Waals surface area contributed by atoms with Crippen LogP contribution >= 0.6 is 11.3 Å². The van der Waals surface area contributed by atoms with E-state index in [1.54, 1.807) is 13.8 Å². The van der Waals surface area contributed by atoms with Gasteiger partial charge in [0.1, 0.15) is 5.00 Å². The van der Waals surface area contributed by atoms with Crippen LogP contribution in [0.2, 0.25) is 0 Å². The lowest BCUT2D eigenvalue weighted by atomic mass is 10.1. The second-order valence-corrected chi connectivity index (χ2v) is 6.45. The summed E-state index contributed by atoms with van der Waals surface area (Å²) < 4.78 is 45.5. The minimum atomic E-state index is -4.48. The van der Waals surface area contributed by atoms with Crippen molar-refractivity contribution < 1.29 is 32.2 Å². The maximum Gasteiger partial charge on any atom is 0.422 e. The van der Waals surface area contributed by atoms with Crippen LogP contribution in [0, 0.1) is 13.8 Å². The smallest absolute Gasteiger partial charge is 0.422 e. The normalized spacial score (nSPS) is 11.2. The van der Waals surface area contributed by atoms with Crippen molar-refractivity contribution in [2.45, 2.75) is 20.0 Å². The molecule has 140 valence electrons. The summed E-state index contributed by atoms with van der Waals surface area (Å²) in [5, 5.41) is 2.93. The van der Waals surface area contributed by atoms with Crippen LogP contribution in [0.3, 0.4) is 0 Å². The second-order valence-electron chi connectivity index (χ2n) is 5.22. The maximum absolute atomic E-state index is 12.3. The molecular weight excluding hydrogens is 373 g/mol. The molecule has 0 aliphatic rings. The van der Waals surface area contributed by atoms with Gasteiger partial charge in [-0.25, -0.2) is 9.78 Å². The molecule has 0 fully saturated rings. The number of nitrogens with one attached hydrogen (secondary N) is 1. The second kappa shape index (κ2) is 7.73. The number of anilines is 1. The zero-order chi connectivity index (χ0) is 19.5. The van der Waals surface area contributed by atoms with Crippen molar-refractivity contribution in [3.8, 4) is 5.88 Å². The standard InChI is InChI=1S/C16H15F3N2O4S/c1-8-9(2)26-14(12(8)15(23)24-3)21-13(22)10-4-5-11(20-6-10)25-7-16(17,18)19/h4-6H,7H2,1-3H3,(H,21,22). The van der Waals surface area contributed by atoms with Gasteiger partial charge in [0, 0.05) is 17.1 Å². The lowest BCUT2D eigenvalue weighted by molar-refractivity contribution is -0.154. The molecule has 10 heteroatoms. The van der Waals surface area contributed by atoms with Crippen molar-refractivity contribution in [3.63, 3.8) is 0 Å². The quantitative estimate of drug-likeness (QED) is 0.790. The van der Waals surface area contributed by atoms with Gasteiger partial charge in [0.05, 0.1) is 18.2 Å². The van der Waals surface area contributed by atoms with Gasteiger partial charge < -0.3 is 14.8 Å². The third kappa shape index (κ3) is 4.72. The van der Waals surface area contributed by atoms with Crippen LogP contribution < -0.4 is 10.1 Å². The lowest BCUT2D eigenvalue weighted by Crippen LogP contribution is -2.20. The number of nitrogens with zero attached hydrogens (tertiary/aromatic N) is 1. The molecule has 2 aromatic rings. The monoisotopic (exact) mass is 388 g/mol. The SMILES string of the molecule is COC(=O)c1c(NC(=O)c2ccc(OCC(F)(F)F)nc2)sc(C)c1C. The molecule has 0 atom stereocenters. The van der Waals surface area contributed by atoms with E-state index >= 15 is 0 Å². The predicted octanol–water partition coefficient (Wildman–Crippen LogP) is 3.74. The molecular formula is C16H15F3N2O4S. The molecule has 2 aromatic heterocycles. The van der Waals surface area contributed by atoms with Gasteiger partial charge in [-0.05, 0) is 25.5 Å². The number of methoxy groups -OCH3 is 1. The molecule has 6 nitrogen and oxygen atoms in total. The van der Waals surface area contributed by atoms with Crippen molar-refractivity contribution in [1.82, 2.24) is 4.98 Å². The first kappa shape index (κ1) is 19.7. The van der Waals surface area contributed by atoms with Crippen LogP contribution in [-0.2, 0) is 4.74 Å². The highest BCUT2D eigenvalue weighted by Crippen LogP contribution is 2.33. The Hall–Kier alpha value is -2.62. The summed E-state index contributed by atoms with van der Waals surface area (Å²) in [6.07, 6.45) is -3.39. The number of aromatic nitrogens is 1. The van der Waals surface area contributed by atoms with Crippen LogP contribution in [0.25, 0.3) is 0 Å². The molecule has 0 saturated heterocycles. The molecule has 0 bridgehead atoms. The van der Waals surface area contributed by atoms with E-state index in [0.717, 1.165) is 17.1 Å². The fourth-order valence-corrected chi connectivity index (χ4v) is 3.04. The van der Waals surface area contributed by atoms with Gasteiger partial charge in [0.2, 0.25) is 5.88 Å². The number of aryl methyl sites for hydroxylation is 1. The van der Waals surface area contributed by atoms with Crippen molar-refractivity contribution in [2.24, 2.45) is 0 Å². The summed E-state index contributed by atoms with van der Waals surface area (Å²) in [5.74, 6) is -1.39. The molecule has 0 saturated carbocycles. The van der Waals surface area contributed by atoms with E-state index in [1.165, 1.54) is 24.5 Å². The molecule has 0 unspecified atom stereocenters. The molecule has 2 rings (SSSR count). The Labute approximate surface area is 150 Å². The number of thiophene rings is 1. The molecule has 0 aliphatic carbocycles. The van der Waals surface area contributed by atoms with Crippen LogP contribution in [0.1, 0.15) is 31.2 Å². The number of carbonyl (C=O) groups excluding carboxylic acids is 2. The Balaban J connectivity index is 2.13. The number of pyridine rings is 1. The van der Waals surface area contributed by atoms with Crippen molar-refractivity contribution in [1.29, 1.82) is 0 Å². The van der Waals surface area contributed by atoms with Crippen LogP contribution in [0.15, 0.2) is 18.3 Å². The molecule has 26 heavy (non-hydrogen) atoms. The summed E-state index contributed by atoms with van der Waals surface area (Å²) in [6.45, 7) is 2.07. The van der Waals surface area contributed by atoms with E-state index in [-0.39, 0.29) is 17.0 Å². The first-order chi connectivity index (χ1) is 12.1. The van der Waals surface area contributed by atoms with E-state index in [1.807, 2.05) is 0 Å². The van der Waals surface area contributed by atoms with Gasteiger partial charge in [0.25, 0.3) is 5.91 Å². The van der Waals surface area contributed by atoms with Gasteiger partial charge in [-0.3, -0.25) is 4.79 Å². The highest BCUT2D eigenvalue weighted by molar-refractivity contribution is 7.16. The van der Waals surface area contributed by atoms with Crippen LogP contribution in [0.5, 0.6) is 5.88 Å². The van der Waals surface area contributed by atoms with E-state index < -0.39 is 24.7 Å². The fraction of sp³-hybridized carbons (Fsp3) is 0.312. The van der Waals surface area contributed by atoms with Crippen LogP contribution in [0.4, 0.5) is 18.2 Å². The third-order valence-corrected chi connectivity index (χ3v) is 4.51. The Kier molecular flexibility index (Phi) is 5.86. The Morgan fingerprint density at radius 1 is 1.27 bits per heavy atom. The summed E-state index contributed by atoms with van der Waals surface area (Å²) in [5.41, 5.74) is 1.07. The molecule has 0 aromatic carbocycles. The minimum Gasteiger partial charge on any atom is -0.468 e. The molecule has 0 radical (unpaired) electrons. The minimum absolute atomic E-state index is 0.101. The summed E-state index contributed by atoms with van der Waals surface area (Å²) in [4.78, 5) is 28.7. The first-order valence-electron chi connectivity index (χ1n) is 7.27. The van der Waals surface area contributed by atoms with Gasteiger partial charge in [-0.15, -0.1) is 11.3 Å². The number of carbonyl (C=O) groups is 2. The number of hydrogen-bond donors (Lipinski definition) is 1. The molecule has 0 aliphatic heterocycles. The van der Waals surface area contributed by atoms with Crippen molar-refractivity contribution in [3.05, 3.63) is 39.9 Å². The van der Waals surface area contributed by atoms with Crippen LogP contribution in [-0.4, -0.2) is 36.8 Å². The number of halogens is 3. The topological polar surface area (TPSA) is 77.5 Å². The Bertz CT molecular complexity index is 816. The molecule has 1 N–H and O–H groups in total. The average molecular weight is 388 g/mol. The predicted molar refractivity (Wildman–Crippen MR) is 88.9 cm³/mol. The van der Waals surface area contributed by atoms with E-state index in [4.69, 9.17) is 4.74 Å². The zero-order valence-corrected chi connectivity index (χ0v) is 14.9. The summed E-state index contributed by atoms with van der Waals surface area (Å²) in [7, 11) is 1.24. The fourth-order valence-electron chi connectivity index (χ4n) is 1.99. The highest BCUT2D eigenvalue weighted by Gasteiger charge is 2.28. The summed E-state index contributed by atoms with van der Waals surface area (Å²) >= 11 is 1.22. The number of esters is 1. The largest absolute Gasteiger partial charge is 0.468 e.